The van der Waals surface area contributed by atoms with Gasteiger partial charge in [0.2, 0.25) is 0 Å². The van der Waals surface area contributed by atoms with Gasteiger partial charge in [-0.1, -0.05) is 12.1 Å². The largest absolute Gasteiger partial charge is 0.489 e. The first-order valence-electron chi connectivity index (χ1n) is 8.52. The van der Waals surface area contributed by atoms with Crippen molar-refractivity contribution in [2.45, 2.75) is 18.4 Å². The van der Waals surface area contributed by atoms with Crippen molar-refractivity contribution in [1.29, 1.82) is 0 Å². The molecular formula is C18H28FN3O3. The Labute approximate surface area is 149 Å². The fourth-order valence-corrected chi connectivity index (χ4v) is 2.78. The van der Waals surface area contributed by atoms with E-state index in [0.717, 1.165) is 18.8 Å². The molecule has 1 aliphatic rings. The third-order valence-electron chi connectivity index (χ3n) is 4.50. The van der Waals surface area contributed by atoms with Crippen molar-refractivity contribution in [3.63, 3.8) is 0 Å². The maximum Gasteiger partial charge on any atom is 0.193 e. The van der Waals surface area contributed by atoms with Crippen LogP contribution in [0.5, 0.6) is 5.75 Å². The van der Waals surface area contributed by atoms with Crippen LogP contribution in [0.1, 0.15) is 12.8 Å². The number of likely N-dealkylation sites (N-methyl/N-ethyl adjacent to an activating group) is 1. The number of methoxy groups -OCH3 is 1. The van der Waals surface area contributed by atoms with E-state index in [1.165, 1.54) is 6.07 Å². The molecule has 0 spiro atoms. The van der Waals surface area contributed by atoms with Gasteiger partial charge in [0.15, 0.2) is 17.5 Å². The van der Waals surface area contributed by atoms with Crippen molar-refractivity contribution in [3.05, 3.63) is 30.1 Å². The van der Waals surface area contributed by atoms with E-state index in [-0.39, 0.29) is 17.2 Å². The Morgan fingerprint density at radius 3 is 2.72 bits per heavy atom. The molecular weight excluding hydrogens is 325 g/mol. The number of hydrogen-bond acceptors (Lipinski definition) is 4. The minimum Gasteiger partial charge on any atom is -0.489 e. The van der Waals surface area contributed by atoms with Gasteiger partial charge in [-0.3, -0.25) is 4.99 Å². The lowest BCUT2D eigenvalue weighted by atomic mass is 9.94. The van der Waals surface area contributed by atoms with Crippen molar-refractivity contribution < 1.29 is 18.6 Å². The van der Waals surface area contributed by atoms with Crippen LogP contribution in [0.25, 0.3) is 0 Å². The van der Waals surface area contributed by atoms with E-state index in [9.17, 15) is 4.39 Å². The summed E-state index contributed by atoms with van der Waals surface area (Å²) in [5, 5.41) is 3.36. The predicted octanol–water partition coefficient (Wildman–Crippen LogP) is 1.91. The second-order valence-corrected chi connectivity index (χ2v) is 6.10. The Kier molecular flexibility index (Phi) is 7.46. The SMILES string of the molecule is CN=C(NCC1(OC)CCOCC1)N(C)CCOc1ccccc1F. The number of hydrogen-bond donors (Lipinski definition) is 1. The summed E-state index contributed by atoms with van der Waals surface area (Å²) in [7, 11) is 5.39. The highest BCUT2D eigenvalue weighted by atomic mass is 19.1. The number of rotatable bonds is 7. The molecule has 2 rings (SSSR count). The van der Waals surface area contributed by atoms with Gasteiger partial charge in [0.05, 0.1) is 12.1 Å². The van der Waals surface area contributed by atoms with Crippen molar-refractivity contribution in [3.8, 4) is 5.75 Å². The fraction of sp³-hybridized carbons (Fsp3) is 0.611. The number of benzene rings is 1. The molecule has 140 valence electrons. The van der Waals surface area contributed by atoms with Gasteiger partial charge in [-0.2, -0.15) is 0 Å². The van der Waals surface area contributed by atoms with Crippen LogP contribution in [0.2, 0.25) is 0 Å². The summed E-state index contributed by atoms with van der Waals surface area (Å²) in [5.41, 5.74) is -0.224. The van der Waals surface area contributed by atoms with Crippen molar-refractivity contribution >= 4 is 5.96 Å². The number of para-hydroxylation sites is 1. The second-order valence-electron chi connectivity index (χ2n) is 6.10. The molecule has 0 saturated carbocycles. The smallest absolute Gasteiger partial charge is 0.193 e. The Balaban J connectivity index is 1.80. The third kappa shape index (κ3) is 5.57. The molecule has 0 unspecified atom stereocenters. The topological polar surface area (TPSA) is 55.3 Å². The summed E-state index contributed by atoms with van der Waals surface area (Å²) in [4.78, 5) is 6.24. The van der Waals surface area contributed by atoms with Gasteiger partial charge < -0.3 is 24.4 Å². The molecule has 7 heteroatoms. The molecule has 0 radical (unpaired) electrons. The zero-order chi connectivity index (χ0) is 18.1. The average Bonchev–Trinajstić information content (AvgIpc) is 2.64. The summed E-state index contributed by atoms with van der Waals surface area (Å²) < 4.78 is 30.2. The number of halogens is 1. The van der Waals surface area contributed by atoms with Gasteiger partial charge in [-0.25, -0.2) is 4.39 Å². The lowest BCUT2D eigenvalue weighted by Crippen LogP contribution is -2.51. The Bertz CT molecular complexity index is 562. The number of guanidine groups is 1. The highest BCUT2D eigenvalue weighted by Crippen LogP contribution is 2.23. The monoisotopic (exact) mass is 353 g/mol. The lowest BCUT2D eigenvalue weighted by Gasteiger charge is -2.37. The highest BCUT2D eigenvalue weighted by Gasteiger charge is 2.32. The molecule has 1 aromatic carbocycles. The van der Waals surface area contributed by atoms with Crippen LogP contribution in [0, 0.1) is 5.82 Å². The van der Waals surface area contributed by atoms with Crippen molar-refractivity contribution in [2.75, 3.05) is 54.1 Å². The van der Waals surface area contributed by atoms with Crippen LogP contribution >= 0.6 is 0 Å². The van der Waals surface area contributed by atoms with Gasteiger partial charge in [0, 0.05) is 53.8 Å². The van der Waals surface area contributed by atoms with E-state index in [1.807, 2.05) is 11.9 Å². The highest BCUT2D eigenvalue weighted by molar-refractivity contribution is 5.79. The number of nitrogens with zero attached hydrogens (tertiary/aromatic N) is 2. The standard InChI is InChI=1S/C18H28FN3O3/c1-20-17(21-14-18(23-3)8-11-24-12-9-18)22(2)10-13-25-16-7-5-4-6-15(16)19/h4-7H,8-14H2,1-3H3,(H,20,21). The Morgan fingerprint density at radius 1 is 1.36 bits per heavy atom. The van der Waals surface area contributed by atoms with E-state index < -0.39 is 0 Å². The predicted molar refractivity (Wildman–Crippen MR) is 95.7 cm³/mol. The van der Waals surface area contributed by atoms with Crippen molar-refractivity contribution in [2.24, 2.45) is 4.99 Å². The van der Waals surface area contributed by atoms with Gasteiger partial charge in [-0.15, -0.1) is 0 Å². The van der Waals surface area contributed by atoms with Crippen LogP contribution in [0.15, 0.2) is 29.3 Å². The molecule has 0 atom stereocenters. The second kappa shape index (κ2) is 9.58. The van der Waals surface area contributed by atoms with E-state index in [0.29, 0.717) is 32.9 Å². The van der Waals surface area contributed by atoms with E-state index in [2.05, 4.69) is 10.3 Å². The quantitative estimate of drug-likeness (QED) is 0.599. The van der Waals surface area contributed by atoms with Crippen LogP contribution in [0.3, 0.4) is 0 Å². The number of ether oxygens (including phenoxy) is 3. The molecule has 0 aliphatic carbocycles. The molecule has 1 N–H and O–H groups in total. The summed E-state index contributed by atoms with van der Waals surface area (Å²) in [6.07, 6.45) is 1.71. The molecule has 6 nitrogen and oxygen atoms in total. The first-order valence-corrected chi connectivity index (χ1v) is 8.52. The first kappa shape index (κ1) is 19.5. The molecule has 1 saturated heterocycles. The Morgan fingerprint density at radius 2 is 2.08 bits per heavy atom. The van der Waals surface area contributed by atoms with Gasteiger partial charge in [0.25, 0.3) is 0 Å². The van der Waals surface area contributed by atoms with Crippen LogP contribution in [0.4, 0.5) is 4.39 Å². The van der Waals surface area contributed by atoms with Gasteiger partial charge >= 0.3 is 0 Å². The molecule has 0 bridgehead atoms. The van der Waals surface area contributed by atoms with Gasteiger partial charge in [0.1, 0.15) is 6.61 Å². The average molecular weight is 353 g/mol. The molecule has 1 heterocycles. The van der Waals surface area contributed by atoms with Crippen LogP contribution in [-0.2, 0) is 9.47 Å². The Hall–Kier alpha value is -1.86. The van der Waals surface area contributed by atoms with E-state index in [1.54, 1.807) is 32.4 Å². The van der Waals surface area contributed by atoms with Gasteiger partial charge in [-0.05, 0) is 12.1 Å². The zero-order valence-electron chi connectivity index (χ0n) is 15.3. The van der Waals surface area contributed by atoms with Crippen LogP contribution < -0.4 is 10.1 Å². The van der Waals surface area contributed by atoms with Crippen molar-refractivity contribution in [1.82, 2.24) is 10.2 Å². The molecule has 0 aromatic heterocycles. The van der Waals surface area contributed by atoms with E-state index >= 15 is 0 Å². The summed E-state index contributed by atoms with van der Waals surface area (Å²) in [5.74, 6) is 0.661. The fourth-order valence-electron chi connectivity index (χ4n) is 2.78. The number of aliphatic imine (C=N–C) groups is 1. The first-order chi connectivity index (χ1) is 12.1. The molecule has 25 heavy (non-hydrogen) atoms. The summed E-state index contributed by atoms with van der Waals surface area (Å²) in [6.45, 7) is 3.03. The maximum atomic E-state index is 13.5. The molecule has 0 amide bonds. The minimum absolute atomic E-state index is 0.224. The minimum atomic E-state index is -0.353. The molecule has 1 aliphatic heterocycles. The normalized spacial score (nSPS) is 17.2. The third-order valence-corrected chi connectivity index (χ3v) is 4.50. The molecule has 1 fully saturated rings. The van der Waals surface area contributed by atoms with Crippen LogP contribution in [-0.4, -0.2) is 70.6 Å². The summed E-state index contributed by atoms with van der Waals surface area (Å²) >= 11 is 0. The van der Waals surface area contributed by atoms with E-state index in [4.69, 9.17) is 14.2 Å². The molecule has 1 aromatic rings. The number of nitrogens with one attached hydrogen (secondary N) is 1. The summed E-state index contributed by atoms with van der Waals surface area (Å²) in [6, 6.07) is 6.40. The lowest BCUT2D eigenvalue weighted by molar-refractivity contribution is -0.0857. The maximum absolute atomic E-state index is 13.5. The zero-order valence-corrected chi connectivity index (χ0v) is 15.3.